The van der Waals surface area contributed by atoms with Crippen molar-refractivity contribution in [2.45, 2.75) is 38.6 Å². The van der Waals surface area contributed by atoms with E-state index in [1.54, 1.807) is 0 Å². The highest BCUT2D eigenvalue weighted by atomic mass is 16.5. The minimum Gasteiger partial charge on any atom is -0.452 e. The highest BCUT2D eigenvalue weighted by Gasteiger charge is 2.24. The van der Waals surface area contributed by atoms with Gasteiger partial charge in [-0.15, -0.1) is 0 Å². The molecular weight excluding hydrogens is 292 g/mol. The van der Waals surface area contributed by atoms with Crippen molar-refractivity contribution < 1.29 is 9.53 Å². The zero-order valence-corrected chi connectivity index (χ0v) is 13.1. The Morgan fingerprint density at radius 2 is 2.04 bits per heavy atom. The van der Waals surface area contributed by atoms with Crippen LogP contribution in [0.5, 0.6) is 11.5 Å². The molecule has 1 atom stereocenters. The molecule has 1 heterocycles. The predicted molar refractivity (Wildman–Crippen MR) is 88.6 cm³/mol. The van der Waals surface area contributed by atoms with Crippen molar-refractivity contribution in [2.24, 2.45) is 0 Å². The van der Waals surface area contributed by atoms with E-state index in [4.69, 9.17) is 10.5 Å². The summed E-state index contributed by atoms with van der Waals surface area (Å²) in [6.45, 7) is 2.01. The molecule has 1 aliphatic rings. The number of rotatable bonds is 4. The first-order chi connectivity index (χ1) is 11.1. The lowest BCUT2D eigenvalue weighted by Crippen LogP contribution is -2.32. The first kappa shape index (κ1) is 15.3. The molecule has 0 bridgehead atoms. The molecule has 1 fully saturated rings. The van der Waals surface area contributed by atoms with Gasteiger partial charge in [-0.2, -0.15) is 4.98 Å². The quantitative estimate of drug-likeness (QED) is 0.901. The zero-order chi connectivity index (χ0) is 16.2. The maximum Gasteiger partial charge on any atom is 0.222 e. The van der Waals surface area contributed by atoms with E-state index >= 15 is 0 Å². The summed E-state index contributed by atoms with van der Waals surface area (Å²) in [6, 6.07) is 7.44. The molecule has 3 N–H and O–H groups in total. The second kappa shape index (κ2) is 6.64. The molecule has 6 nitrogen and oxygen atoms in total. The smallest absolute Gasteiger partial charge is 0.222 e. The van der Waals surface area contributed by atoms with Crippen LogP contribution in [-0.4, -0.2) is 21.8 Å². The first-order valence-corrected chi connectivity index (χ1v) is 7.78. The minimum atomic E-state index is -0.238. The fraction of sp³-hybridized carbons (Fsp3) is 0.353. The summed E-state index contributed by atoms with van der Waals surface area (Å²) in [5.41, 5.74) is 6.83. The van der Waals surface area contributed by atoms with Crippen molar-refractivity contribution in [1.82, 2.24) is 9.97 Å². The van der Waals surface area contributed by atoms with Crippen LogP contribution in [0.25, 0.3) is 0 Å². The van der Waals surface area contributed by atoms with Crippen LogP contribution in [0.15, 0.2) is 30.5 Å². The number of carbonyl (C=O) groups excluding carboxylic acids is 1. The average Bonchev–Trinajstić information content (AvgIpc) is 2.54. The van der Waals surface area contributed by atoms with Crippen LogP contribution in [0.3, 0.4) is 0 Å². The van der Waals surface area contributed by atoms with Crippen LogP contribution < -0.4 is 15.8 Å². The van der Waals surface area contributed by atoms with Crippen molar-refractivity contribution in [1.29, 1.82) is 0 Å². The van der Waals surface area contributed by atoms with Crippen molar-refractivity contribution in [3.63, 3.8) is 0 Å². The summed E-state index contributed by atoms with van der Waals surface area (Å²) in [7, 11) is 0. The summed E-state index contributed by atoms with van der Waals surface area (Å²) >= 11 is 0. The van der Waals surface area contributed by atoms with Gasteiger partial charge in [0.25, 0.3) is 0 Å². The molecule has 120 valence electrons. The topological polar surface area (TPSA) is 90.1 Å². The van der Waals surface area contributed by atoms with Crippen LogP contribution in [-0.2, 0) is 4.79 Å². The molecule has 0 spiro atoms. The highest BCUT2D eigenvalue weighted by molar-refractivity contribution is 5.87. The number of hydrogen-bond donors (Lipinski definition) is 2. The van der Waals surface area contributed by atoms with Crippen LogP contribution in [0.4, 0.5) is 11.8 Å². The Bertz CT molecular complexity index is 700. The Kier molecular flexibility index (Phi) is 4.41. The SMILES string of the molecule is Cc1ccc(Oc2cnc(N)nc2NC2CCCCC2=O)cc1. The fourth-order valence-corrected chi connectivity index (χ4v) is 2.60. The summed E-state index contributed by atoms with van der Waals surface area (Å²) in [4.78, 5) is 20.2. The van der Waals surface area contributed by atoms with E-state index in [0.717, 1.165) is 24.8 Å². The second-order valence-corrected chi connectivity index (χ2v) is 5.77. The van der Waals surface area contributed by atoms with Crippen molar-refractivity contribution in [2.75, 3.05) is 11.1 Å². The summed E-state index contributed by atoms with van der Waals surface area (Å²) in [5, 5.41) is 3.17. The van der Waals surface area contributed by atoms with Gasteiger partial charge in [0.15, 0.2) is 17.4 Å². The standard InChI is InChI=1S/C17H20N4O2/c1-11-6-8-12(9-7-11)23-15-10-19-17(18)21-16(15)20-13-4-2-3-5-14(13)22/h6-10,13H,2-5H2,1H3,(H3,18,19,20,21). The maximum absolute atomic E-state index is 12.0. The van der Waals surface area contributed by atoms with Crippen molar-refractivity contribution in [3.8, 4) is 11.5 Å². The van der Waals surface area contributed by atoms with Gasteiger partial charge < -0.3 is 15.8 Å². The monoisotopic (exact) mass is 312 g/mol. The number of ether oxygens (including phenoxy) is 1. The molecule has 1 aromatic carbocycles. The molecule has 2 aromatic rings. The number of Topliss-reactive ketones (excluding diaryl/α,β-unsaturated/α-hetero) is 1. The van der Waals surface area contributed by atoms with E-state index < -0.39 is 0 Å². The highest BCUT2D eigenvalue weighted by Crippen LogP contribution is 2.29. The van der Waals surface area contributed by atoms with Crippen LogP contribution in [0, 0.1) is 6.92 Å². The normalized spacial score (nSPS) is 17.8. The third-order valence-electron chi connectivity index (χ3n) is 3.89. The molecule has 3 rings (SSSR count). The number of hydrogen-bond acceptors (Lipinski definition) is 6. The molecule has 1 aliphatic carbocycles. The summed E-state index contributed by atoms with van der Waals surface area (Å²) in [5.74, 6) is 1.95. The summed E-state index contributed by atoms with van der Waals surface area (Å²) < 4.78 is 5.84. The van der Waals surface area contributed by atoms with Crippen LogP contribution in [0.1, 0.15) is 31.2 Å². The Hall–Kier alpha value is -2.63. The number of benzene rings is 1. The number of aromatic nitrogens is 2. The Morgan fingerprint density at radius 1 is 1.26 bits per heavy atom. The number of anilines is 2. The van der Waals surface area contributed by atoms with E-state index in [1.807, 2.05) is 31.2 Å². The predicted octanol–water partition coefficient (Wildman–Crippen LogP) is 3.08. The van der Waals surface area contributed by atoms with Gasteiger partial charge in [0.05, 0.1) is 12.2 Å². The fourth-order valence-electron chi connectivity index (χ4n) is 2.60. The Morgan fingerprint density at radius 3 is 2.78 bits per heavy atom. The van der Waals surface area contributed by atoms with E-state index in [1.165, 1.54) is 6.20 Å². The molecule has 0 aliphatic heterocycles. The number of nitrogens with one attached hydrogen (secondary N) is 1. The van der Waals surface area contributed by atoms with Gasteiger partial charge in [0.2, 0.25) is 5.95 Å². The number of nitrogens with zero attached hydrogens (tertiary/aromatic N) is 2. The number of ketones is 1. The zero-order valence-electron chi connectivity index (χ0n) is 13.1. The number of aryl methyl sites for hydroxylation is 1. The molecule has 1 unspecified atom stereocenters. The summed E-state index contributed by atoms with van der Waals surface area (Å²) in [6.07, 6.45) is 4.91. The van der Waals surface area contributed by atoms with Crippen molar-refractivity contribution >= 4 is 17.5 Å². The molecule has 23 heavy (non-hydrogen) atoms. The second-order valence-electron chi connectivity index (χ2n) is 5.77. The van der Waals surface area contributed by atoms with Gasteiger partial charge in [-0.05, 0) is 31.9 Å². The van der Waals surface area contributed by atoms with E-state index in [9.17, 15) is 4.79 Å². The third-order valence-corrected chi connectivity index (χ3v) is 3.89. The van der Waals surface area contributed by atoms with Crippen molar-refractivity contribution in [3.05, 3.63) is 36.0 Å². The van der Waals surface area contributed by atoms with Gasteiger partial charge in [-0.1, -0.05) is 24.1 Å². The van der Waals surface area contributed by atoms with Gasteiger partial charge in [-0.3, -0.25) is 4.79 Å². The van der Waals surface area contributed by atoms with E-state index in [-0.39, 0.29) is 17.8 Å². The molecular formula is C17H20N4O2. The van der Waals surface area contributed by atoms with Gasteiger partial charge in [0, 0.05) is 6.42 Å². The number of nitrogens with two attached hydrogens (primary N) is 1. The molecule has 0 radical (unpaired) electrons. The Labute approximate surface area is 135 Å². The molecule has 0 amide bonds. The minimum absolute atomic E-state index is 0.145. The van der Waals surface area contributed by atoms with E-state index in [0.29, 0.717) is 23.7 Å². The van der Waals surface area contributed by atoms with Crippen LogP contribution >= 0.6 is 0 Å². The van der Waals surface area contributed by atoms with Gasteiger partial charge in [-0.25, -0.2) is 4.98 Å². The number of carbonyl (C=O) groups is 1. The average molecular weight is 312 g/mol. The Balaban J connectivity index is 1.82. The molecule has 1 saturated carbocycles. The molecule has 6 heteroatoms. The molecule has 0 saturated heterocycles. The maximum atomic E-state index is 12.0. The van der Waals surface area contributed by atoms with Gasteiger partial charge in [0.1, 0.15) is 5.75 Å². The van der Waals surface area contributed by atoms with E-state index in [2.05, 4.69) is 15.3 Å². The number of nitrogen functional groups attached to an aromatic ring is 1. The first-order valence-electron chi connectivity index (χ1n) is 7.78. The lowest BCUT2D eigenvalue weighted by molar-refractivity contribution is -0.121. The van der Waals surface area contributed by atoms with Crippen LogP contribution in [0.2, 0.25) is 0 Å². The third kappa shape index (κ3) is 3.77. The lowest BCUT2D eigenvalue weighted by Gasteiger charge is -2.23. The largest absolute Gasteiger partial charge is 0.452 e. The lowest BCUT2D eigenvalue weighted by atomic mass is 9.94. The van der Waals surface area contributed by atoms with Gasteiger partial charge >= 0.3 is 0 Å². The molecule has 1 aromatic heterocycles.